The minimum absolute atomic E-state index is 0.0302. The number of carboxylic acids is 1. The fourth-order valence-electron chi connectivity index (χ4n) is 2.40. The SMILES string of the molecule is CC(C)(C)OC(=O)Oc1ccc(CC(NC(=O)OCc2ccccc2)C(=O)O)cc1. The van der Waals surface area contributed by atoms with Crippen LogP contribution in [0.15, 0.2) is 54.6 Å². The molecular weight excluding hydrogens is 390 g/mol. The number of hydrogen-bond acceptors (Lipinski definition) is 6. The van der Waals surface area contributed by atoms with E-state index >= 15 is 0 Å². The second-order valence-corrected chi connectivity index (χ2v) is 7.51. The molecule has 8 nitrogen and oxygen atoms in total. The molecular formula is C22H25NO7. The maximum atomic E-state index is 11.9. The normalized spacial score (nSPS) is 11.8. The van der Waals surface area contributed by atoms with Crippen LogP contribution in [0.4, 0.5) is 9.59 Å². The number of carboxylic acid groups (broad SMARTS) is 1. The topological polar surface area (TPSA) is 111 Å². The van der Waals surface area contributed by atoms with Gasteiger partial charge in [0.25, 0.3) is 0 Å². The Labute approximate surface area is 174 Å². The number of aliphatic carboxylic acids is 1. The number of benzene rings is 2. The Morgan fingerprint density at radius 2 is 1.60 bits per heavy atom. The van der Waals surface area contributed by atoms with Crippen molar-refractivity contribution in [2.45, 2.75) is 45.4 Å². The van der Waals surface area contributed by atoms with Crippen LogP contribution in [0.5, 0.6) is 5.75 Å². The molecule has 160 valence electrons. The van der Waals surface area contributed by atoms with Gasteiger partial charge in [-0.3, -0.25) is 0 Å². The summed E-state index contributed by atoms with van der Waals surface area (Å²) in [5.41, 5.74) is 0.745. The number of carbonyl (C=O) groups is 3. The number of nitrogens with one attached hydrogen (secondary N) is 1. The molecule has 8 heteroatoms. The van der Waals surface area contributed by atoms with E-state index in [9.17, 15) is 19.5 Å². The molecule has 0 aliphatic carbocycles. The minimum atomic E-state index is -1.19. The molecule has 1 atom stereocenters. The molecule has 1 amide bonds. The summed E-state index contributed by atoms with van der Waals surface area (Å²) in [5, 5.41) is 11.7. The van der Waals surface area contributed by atoms with Crippen LogP contribution in [-0.4, -0.2) is 35.0 Å². The van der Waals surface area contributed by atoms with Crippen molar-refractivity contribution in [1.29, 1.82) is 0 Å². The molecule has 0 fully saturated rings. The zero-order valence-electron chi connectivity index (χ0n) is 17.1. The molecule has 30 heavy (non-hydrogen) atoms. The molecule has 0 aliphatic rings. The van der Waals surface area contributed by atoms with E-state index < -0.39 is 29.9 Å². The largest absolute Gasteiger partial charge is 0.514 e. The van der Waals surface area contributed by atoms with E-state index in [1.165, 1.54) is 12.1 Å². The third-order valence-corrected chi connectivity index (χ3v) is 3.76. The van der Waals surface area contributed by atoms with Gasteiger partial charge >= 0.3 is 18.2 Å². The average molecular weight is 415 g/mol. The van der Waals surface area contributed by atoms with E-state index in [1.807, 2.05) is 18.2 Å². The highest BCUT2D eigenvalue weighted by molar-refractivity contribution is 5.80. The number of alkyl carbamates (subject to hydrolysis) is 1. The fraction of sp³-hybridized carbons (Fsp3) is 0.318. The summed E-state index contributed by atoms with van der Waals surface area (Å²) in [6.45, 7) is 5.21. The number of ether oxygens (including phenoxy) is 3. The number of rotatable bonds is 7. The Morgan fingerprint density at radius 1 is 0.967 bits per heavy atom. The zero-order chi connectivity index (χ0) is 22.1. The highest BCUT2D eigenvalue weighted by Crippen LogP contribution is 2.16. The molecule has 0 aliphatic heterocycles. The molecule has 2 aromatic rings. The van der Waals surface area contributed by atoms with Crippen molar-refractivity contribution in [2.24, 2.45) is 0 Å². The first-order valence-corrected chi connectivity index (χ1v) is 9.32. The molecule has 0 aromatic heterocycles. The third-order valence-electron chi connectivity index (χ3n) is 3.76. The van der Waals surface area contributed by atoms with Gasteiger partial charge in [-0.1, -0.05) is 42.5 Å². The number of hydrogen-bond donors (Lipinski definition) is 2. The fourth-order valence-corrected chi connectivity index (χ4v) is 2.40. The predicted octanol–water partition coefficient (Wildman–Crippen LogP) is 3.92. The monoisotopic (exact) mass is 415 g/mol. The summed E-state index contributed by atoms with van der Waals surface area (Å²) >= 11 is 0. The molecule has 1 unspecified atom stereocenters. The van der Waals surface area contributed by atoms with Crippen LogP contribution in [0.2, 0.25) is 0 Å². The zero-order valence-corrected chi connectivity index (χ0v) is 17.1. The van der Waals surface area contributed by atoms with Crippen LogP contribution in [-0.2, 0) is 27.3 Å². The summed E-state index contributed by atoms with van der Waals surface area (Å²) in [6, 6.07) is 14.1. The van der Waals surface area contributed by atoms with E-state index in [2.05, 4.69) is 5.32 Å². The molecule has 0 saturated heterocycles. The van der Waals surface area contributed by atoms with Crippen LogP contribution < -0.4 is 10.1 Å². The lowest BCUT2D eigenvalue weighted by Crippen LogP contribution is -2.42. The van der Waals surface area contributed by atoms with Crippen LogP contribution in [0.25, 0.3) is 0 Å². The lowest BCUT2D eigenvalue weighted by atomic mass is 10.1. The van der Waals surface area contributed by atoms with Crippen molar-refractivity contribution in [3.63, 3.8) is 0 Å². The number of carbonyl (C=O) groups excluding carboxylic acids is 2. The Balaban J connectivity index is 1.89. The summed E-state index contributed by atoms with van der Waals surface area (Å²) in [5.74, 6) is -0.934. The van der Waals surface area contributed by atoms with Crippen molar-refractivity contribution >= 4 is 18.2 Å². The predicted molar refractivity (Wildman–Crippen MR) is 108 cm³/mol. The van der Waals surface area contributed by atoms with Crippen molar-refractivity contribution in [3.8, 4) is 5.75 Å². The first kappa shape index (κ1) is 22.7. The summed E-state index contributed by atoms with van der Waals surface area (Å²) in [6.07, 6.45) is -1.62. The Bertz CT molecular complexity index is 857. The van der Waals surface area contributed by atoms with Crippen molar-refractivity contribution < 1.29 is 33.7 Å². The second kappa shape index (κ2) is 10.3. The highest BCUT2D eigenvalue weighted by atomic mass is 16.7. The van der Waals surface area contributed by atoms with Gasteiger partial charge in [-0.05, 0) is 44.0 Å². The van der Waals surface area contributed by atoms with Crippen molar-refractivity contribution in [3.05, 3.63) is 65.7 Å². The van der Waals surface area contributed by atoms with Gasteiger partial charge in [-0.25, -0.2) is 14.4 Å². The van der Waals surface area contributed by atoms with Gasteiger partial charge in [0, 0.05) is 6.42 Å². The molecule has 0 saturated carbocycles. The molecule has 0 spiro atoms. The maximum Gasteiger partial charge on any atom is 0.514 e. The lowest BCUT2D eigenvalue weighted by Gasteiger charge is -2.18. The van der Waals surface area contributed by atoms with E-state index in [-0.39, 0.29) is 18.8 Å². The van der Waals surface area contributed by atoms with E-state index in [4.69, 9.17) is 14.2 Å². The van der Waals surface area contributed by atoms with Gasteiger partial charge in [-0.15, -0.1) is 0 Å². The van der Waals surface area contributed by atoms with Gasteiger partial charge in [0.15, 0.2) is 0 Å². The van der Waals surface area contributed by atoms with Gasteiger partial charge in [0.05, 0.1) is 0 Å². The standard InChI is InChI=1S/C22H25NO7/c1-22(2,3)30-21(27)29-17-11-9-15(10-12-17)13-18(19(24)25)23-20(26)28-14-16-7-5-4-6-8-16/h4-12,18H,13-14H2,1-3H3,(H,23,26)(H,24,25). The summed E-state index contributed by atoms with van der Waals surface area (Å²) < 4.78 is 15.2. The molecule has 2 aromatic carbocycles. The van der Waals surface area contributed by atoms with E-state index in [0.717, 1.165) is 5.56 Å². The van der Waals surface area contributed by atoms with Crippen molar-refractivity contribution in [2.75, 3.05) is 0 Å². The molecule has 0 bridgehead atoms. The smallest absolute Gasteiger partial charge is 0.480 e. The molecule has 0 heterocycles. The average Bonchev–Trinajstić information content (AvgIpc) is 2.66. The Morgan fingerprint density at radius 3 is 2.17 bits per heavy atom. The lowest BCUT2D eigenvalue weighted by molar-refractivity contribution is -0.139. The van der Waals surface area contributed by atoms with Gasteiger partial charge in [0.1, 0.15) is 24.0 Å². The van der Waals surface area contributed by atoms with Gasteiger partial charge in [-0.2, -0.15) is 0 Å². The van der Waals surface area contributed by atoms with E-state index in [0.29, 0.717) is 5.56 Å². The second-order valence-electron chi connectivity index (χ2n) is 7.51. The molecule has 0 radical (unpaired) electrons. The van der Waals surface area contributed by atoms with Crippen LogP contribution in [0.3, 0.4) is 0 Å². The Hall–Kier alpha value is -3.55. The summed E-state index contributed by atoms with van der Waals surface area (Å²) in [4.78, 5) is 35.1. The van der Waals surface area contributed by atoms with Gasteiger partial charge < -0.3 is 24.6 Å². The quantitative estimate of drug-likeness (QED) is 0.521. The molecule has 2 N–H and O–H groups in total. The first-order chi connectivity index (χ1) is 14.1. The maximum absolute atomic E-state index is 11.9. The minimum Gasteiger partial charge on any atom is -0.480 e. The first-order valence-electron chi connectivity index (χ1n) is 9.32. The van der Waals surface area contributed by atoms with Crippen LogP contribution in [0, 0.1) is 0 Å². The van der Waals surface area contributed by atoms with Crippen LogP contribution >= 0.6 is 0 Å². The summed E-state index contributed by atoms with van der Waals surface area (Å²) in [7, 11) is 0. The van der Waals surface area contributed by atoms with Gasteiger partial charge in [0.2, 0.25) is 0 Å². The third kappa shape index (κ3) is 8.22. The van der Waals surface area contributed by atoms with Crippen LogP contribution in [0.1, 0.15) is 31.9 Å². The highest BCUT2D eigenvalue weighted by Gasteiger charge is 2.22. The Kier molecular flexibility index (Phi) is 7.80. The molecule has 2 rings (SSSR count). The van der Waals surface area contributed by atoms with E-state index in [1.54, 1.807) is 45.0 Å². The number of amides is 1. The van der Waals surface area contributed by atoms with Crippen molar-refractivity contribution in [1.82, 2.24) is 5.32 Å².